The molecule has 0 radical (unpaired) electrons. The van der Waals surface area contributed by atoms with Crippen molar-refractivity contribution in [3.05, 3.63) is 53.6 Å². The van der Waals surface area contributed by atoms with E-state index < -0.39 is 236 Å². The van der Waals surface area contributed by atoms with Gasteiger partial charge in [0.2, 0.25) is 76.8 Å². The molecular weight excluding hydrogens is 1540 g/mol. The number of likely N-dealkylation sites (tertiary alicyclic amines) is 1. The van der Waals surface area contributed by atoms with Crippen LogP contribution in [-0.4, -0.2) is 272 Å². The number of hydrogen-bond donors (Lipinski definition) is 16. The monoisotopic (exact) mass is 1650 g/mol. The number of carbonyl (C=O) groups excluding carboxylic acids is 17. The van der Waals surface area contributed by atoms with Crippen molar-refractivity contribution in [1.29, 1.82) is 0 Å². The third-order valence-electron chi connectivity index (χ3n) is 20.6. The predicted molar refractivity (Wildman–Crippen MR) is 413 cm³/mol. The van der Waals surface area contributed by atoms with Crippen molar-refractivity contribution in [3.63, 3.8) is 0 Å². The molecule has 4 aliphatic heterocycles. The number of carbonyl (C=O) groups is 17. The molecule has 5 heterocycles. The van der Waals surface area contributed by atoms with Crippen molar-refractivity contribution in [2.45, 2.75) is 185 Å². The number of urea groups is 1. The molecule has 14 atom stereocenters. The zero-order valence-corrected chi connectivity index (χ0v) is 66.9. The van der Waals surface area contributed by atoms with Crippen LogP contribution in [-0.2, 0) is 95.7 Å². The number of aromatic amines is 1. The van der Waals surface area contributed by atoms with Gasteiger partial charge in [0.1, 0.15) is 53.6 Å². The summed E-state index contributed by atoms with van der Waals surface area (Å²) in [6, 6.07) is -1.27. The number of hydrogen-bond acceptors (Lipinski definition) is 23. The number of anilines is 1. The number of ether oxygens (including phenoxy) is 2. The van der Waals surface area contributed by atoms with Crippen LogP contribution >= 0.6 is 0 Å². The lowest BCUT2D eigenvalue weighted by Crippen LogP contribution is -2.61. The van der Waals surface area contributed by atoms with E-state index in [0.717, 1.165) is 9.80 Å². The molecule has 2 unspecified atom stereocenters. The van der Waals surface area contributed by atoms with Crippen molar-refractivity contribution in [2.24, 2.45) is 41.1 Å². The summed E-state index contributed by atoms with van der Waals surface area (Å²) >= 11 is 0. The van der Waals surface area contributed by atoms with Crippen molar-refractivity contribution in [3.8, 4) is 5.75 Å². The minimum atomic E-state index is -2.53. The minimum Gasteiger partial charge on any atom is -0.445 e. The first-order valence-corrected chi connectivity index (χ1v) is 39.7. The number of amides is 17. The highest BCUT2D eigenvalue weighted by Crippen LogP contribution is 2.32. The zero-order chi connectivity index (χ0) is 85.5. The van der Waals surface area contributed by atoms with E-state index in [-0.39, 0.29) is 103 Å². The van der Waals surface area contributed by atoms with Crippen molar-refractivity contribution in [1.82, 2.24) is 72.4 Å². The van der Waals surface area contributed by atoms with E-state index in [9.17, 15) is 96.8 Å². The zero-order valence-electron chi connectivity index (χ0n) is 66.0. The lowest BCUT2D eigenvalue weighted by Gasteiger charge is -2.32. The average Bonchev–Trinajstić information content (AvgIpc) is 1.60. The van der Waals surface area contributed by atoms with Gasteiger partial charge in [-0.2, -0.15) is 0 Å². The molecule has 0 aliphatic carbocycles. The van der Waals surface area contributed by atoms with Gasteiger partial charge in [0.25, 0.3) is 0 Å². The Morgan fingerprint density at radius 3 is 2.05 bits per heavy atom. The fourth-order valence-electron chi connectivity index (χ4n) is 13.5. The number of fused-ring (bicyclic) bond motifs is 5. The second-order valence-electron chi connectivity index (χ2n) is 30.0. The highest BCUT2D eigenvalue weighted by atomic mass is 32.2. The summed E-state index contributed by atoms with van der Waals surface area (Å²) in [5.41, 5.74) is 11.7. The summed E-state index contributed by atoms with van der Waals surface area (Å²) in [5, 5.41) is 57.5. The molecule has 2 bridgehead atoms. The predicted octanol–water partition coefficient (Wildman–Crippen LogP) is -2.87. The summed E-state index contributed by atoms with van der Waals surface area (Å²) < 4.78 is 26.6. The van der Waals surface area contributed by atoms with Crippen LogP contribution in [0, 0.1) is 29.6 Å². The van der Waals surface area contributed by atoms with E-state index in [1.165, 1.54) is 61.2 Å². The number of unbranched alkanes of at least 4 members (excludes halogenated alkanes) is 2. The second-order valence-corrected chi connectivity index (χ2v) is 31.4. The summed E-state index contributed by atoms with van der Waals surface area (Å²) in [4.78, 5) is 239. The van der Waals surface area contributed by atoms with Crippen LogP contribution in [0.1, 0.15) is 123 Å². The van der Waals surface area contributed by atoms with E-state index in [1.807, 2.05) is 0 Å². The fourth-order valence-corrected chi connectivity index (χ4v) is 14.9. The van der Waals surface area contributed by atoms with Crippen molar-refractivity contribution < 1.29 is 111 Å². The number of aliphatic hydroxyl groups excluding tert-OH is 3. The summed E-state index contributed by atoms with van der Waals surface area (Å²) in [6.07, 6.45) is -5.44. The molecule has 40 nitrogen and oxygen atoms in total. The van der Waals surface area contributed by atoms with Gasteiger partial charge in [-0.05, 0) is 72.9 Å². The molecule has 1 aromatic heterocycles. The Morgan fingerprint density at radius 2 is 1.41 bits per heavy atom. The number of aromatic nitrogens is 1. The molecule has 3 aromatic rings. The number of primary amides is 2. The minimum absolute atomic E-state index is 0.0230. The van der Waals surface area contributed by atoms with Gasteiger partial charge in [-0.15, -0.1) is 0 Å². The van der Waals surface area contributed by atoms with Crippen LogP contribution in [0.3, 0.4) is 0 Å². The number of nitrogens with zero attached hydrogens (tertiary/aromatic N) is 4. The standard InChI is InChI=1S/C75H107N17O23S/c1-9-39(4)62-67(105)80-32-58(99)82-52-37-116(113)70-48(31-51(64(102)79-33-59(100)87-62)84-69(107)63(41(6)55(96)35-93)88-66(104)53-29-45(94)34-92(53)72(109)43(27-54(52)95)28-56(76)97)47-21-20-46(30-50(47)85-70)115-75(112)90(8)25-24-89(7)74(111)114-36-42-16-18-44(19-17-42)81-65(103)49(14-13-22-78-73(77)110)83-68(106)61(38(2)3)86-57(98)15-11-10-12-23-91-60(101)26-40(5)71(91)108/h16-21,30,38-41,43,45,49,51-53,55,61-63,85,93-94,96H,9-15,22-29,31-37H2,1-8H3,(H2,76,97)(H,79,102)(H,80,105)(H,81,103)(H,82,99)(H,83,106)(H,84,107)(H,86,98)(H,87,100)(H,88,104)(H3,77,78,110)/t39-,40?,41-,43-,45+,49-,51+,52-,53-,55-,61-,62-,63-,116?/m0/s1. The number of nitrogens with two attached hydrogens (primary N) is 2. The third kappa shape index (κ3) is 25.9. The quantitative estimate of drug-likeness (QED) is 0.0245. The Labute approximate surface area is 671 Å². The number of ketones is 1. The summed E-state index contributed by atoms with van der Waals surface area (Å²) in [7, 11) is 0.239. The highest BCUT2D eigenvalue weighted by molar-refractivity contribution is 7.85. The van der Waals surface area contributed by atoms with Crippen LogP contribution in [0.25, 0.3) is 10.9 Å². The first-order chi connectivity index (χ1) is 54.9. The Bertz CT molecular complexity index is 4180. The summed E-state index contributed by atoms with van der Waals surface area (Å²) in [6.45, 7) is 6.44. The topological polar surface area (TPSA) is 587 Å². The van der Waals surface area contributed by atoms with Crippen LogP contribution in [0.15, 0.2) is 47.5 Å². The van der Waals surface area contributed by atoms with E-state index in [4.69, 9.17) is 20.9 Å². The van der Waals surface area contributed by atoms with Gasteiger partial charge in [-0.25, -0.2) is 14.4 Å². The Balaban J connectivity index is 1.06. The number of imide groups is 1. The number of aliphatic hydroxyl groups is 3. The number of Topliss-reactive ketones (excluding diaryl/α,β-unsaturated/α-hetero) is 1. The first kappa shape index (κ1) is 92.0. The van der Waals surface area contributed by atoms with Gasteiger partial charge < -0.3 is 109 Å². The van der Waals surface area contributed by atoms with Crippen LogP contribution in [0.2, 0.25) is 0 Å². The Hall–Kier alpha value is -11.2. The lowest BCUT2D eigenvalue weighted by molar-refractivity contribution is -0.145. The maximum absolute atomic E-state index is 15.3. The van der Waals surface area contributed by atoms with Gasteiger partial charge in [0.15, 0.2) is 5.78 Å². The van der Waals surface area contributed by atoms with Crippen molar-refractivity contribution >= 4 is 128 Å². The average molecular weight is 1650 g/mol. The molecule has 4 aliphatic rings. The molecule has 17 amide bonds. The lowest BCUT2D eigenvalue weighted by atomic mass is 9.93. The highest BCUT2D eigenvalue weighted by Gasteiger charge is 2.46. The van der Waals surface area contributed by atoms with Crippen LogP contribution in [0.4, 0.5) is 20.1 Å². The van der Waals surface area contributed by atoms with E-state index >= 15 is 4.21 Å². The fraction of sp³-hybridized carbons (Fsp3) is 0.587. The molecule has 2 fully saturated rings. The SMILES string of the molecule is CC[C@H](C)[C@@H]1NC(=O)CNC(=O)[C@H]2Cc3c([nH]c4cc(OC(=O)N(C)CCN(C)C(=O)OCc5ccc(NC(=O)[C@H](CCCNC(N)=O)NC(=O)[C@@H](NC(=O)CCCCCN6C(=O)CC(C)C6=O)C(C)C)cc5)ccc34)S(=O)C[C@H](NC(=O)CNC1=O)C(=O)C[C@@H](CC(N)=O)C(=O)N1C[C@H](O)C[C@H]1C(=O)N[C@@H]([C@@H](C)[C@@H](O)CO)C(=O)N2. The number of benzene rings is 2. The van der Waals surface area contributed by atoms with Crippen molar-refractivity contribution in [2.75, 3.05) is 77.6 Å². The normalized spacial score (nSPS) is 22.7. The molecular formula is C75H107N17O23S. The van der Waals surface area contributed by atoms with E-state index in [2.05, 4.69) is 58.2 Å². The smallest absolute Gasteiger partial charge is 0.415 e. The second kappa shape index (κ2) is 43.0. The van der Waals surface area contributed by atoms with E-state index in [0.29, 0.717) is 36.9 Å². The molecule has 636 valence electrons. The molecule has 18 N–H and O–H groups in total. The van der Waals surface area contributed by atoms with Gasteiger partial charge in [-0.1, -0.05) is 66.5 Å². The third-order valence-corrected chi connectivity index (χ3v) is 22.1. The molecule has 7 rings (SSSR count). The van der Waals surface area contributed by atoms with Gasteiger partial charge in [-0.3, -0.25) is 76.2 Å². The molecule has 0 spiro atoms. The molecule has 41 heteroatoms. The van der Waals surface area contributed by atoms with Crippen LogP contribution < -0.4 is 69.4 Å². The molecule has 0 saturated carbocycles. The number of likely N-dealkylation sites (N-methyl/N-ethyl adjacent to an activating group) is 2. The molecule has 2 aromatic carbocycles. The number of H-pyrrole nitrogens is 1. The van der Waals surface area contributed by atoms with Crippen LogP contribution in [0.5, 0.6) is 5.75 Å². The largest absolute Gasteiger partial charge is 0.445 e. The Kier molecular flexibility index (Phi) is 34.1. The molecule has 116 heavy (non-hydrogen) atoms. The van der Waals surface area contributed by atoms with Gasteiger partial charge in [0.05, 0.1) is 65.9 Å². The summed E-state index contributed by atoms with van der Waals surface area (Å²) in [5.74, 6) is -16.9. The van der Waals surface area contributed by atoms with Gasteiger partial charge >= 0.3 is 18.2 Å². The number of rotatable bonds is 29. The maximum atomic E-state index is 15.3. The number of nitrogens with one attached hydrogen (secondary N) is 11. The van der Waals surface area contributed by atoms with Gasteiger partial charge in [0, 0.05) is 114 Å². The molecule has 2 saturated heterocycles. The first-order valence-electron chi connectivity index (χ1n) is 38.4. The van der Waals surface area contributed by atoms with E-state index in [1.54, 1.807) is 46.8 Å². The Morgan fingerprint density at radius 1 is 0.741 bits per heavy atom. The maximum Gasteiger partial charge on any atom is 0.415 e.